The lowest BCUT2D eigenvalue weighted by Gasteiger charge is -2.28. The highest BCUT2D eigenvalue weighted by molar-refractivity contribution is 5.89. The fraction of sp³-hybridized carbons (Fsp3) is 0.545. The highest BCUT2D eigenvalue weighted by Gasteiger charge is 2.36. The number of rotatable bonds is 2. The summed E-state index contributed by atoms with van der Waals surface area (Å²) in [5.74, 6) is 0.153. The number of hydrogen-bond donors (Lipinski definition) is 2. The van der Waals surface area contributed by atoms with Gasteiger partial charge < -0.3 is 15.2 Å². The minimum absolute atomic E-state index is 0.0807. The molecule has 0 radical (unpaired) electrons. The van der Waals surface area contributed by atoms with E-state index in [4.69, 9.17) is 9.84 Å². The van der Waals surface area contributed by atoms with Crippen molar-refractivity contribution in [3.63, 3.8) is 0 Å². The van der Waals surface area contributed by atoms with Gasteiger partial charge in [0, 0.05) is 24.6 Å². The molecule has 4 nitrogen and oxygen atoms in total. The summed E-state index contributed by atoms with van der Waals surface area (Å²) in [5.41, 5.74) is 1.72. The number of ether oxygens (including phenoxy) is 1. The van der Waals surface area contributed by atoms with Gasteiger partial charge in [-0.05, 0) is 12.0 Å². The largest absolute Gasteiger partial charge is 0.466 e. The Morgan fingerprint density at radius 1 is 1.67 bits per heavy atom. The van der Waals surface area contributed by atoms with Gasteiger partial charge >= 0.3 is 5.97 Å². The predicted molar refractivity (Wildman–Crippen MR) is 54.9 cm³/mol. The van der Waals surface area contributed by atoms with Gasteiger partial charge in [-0.2, -0.15) is 0 Å². The summed E-state index contributed by atoms with van der Waals surface area (Å²) < 4.78 is 4.73. The first-order valence-electron chi connectivity index (χ1n) is 5.09. The van der Waals surface area contributed by atoms with Crippen LogP contribution in [0.5, 0.6) is 0 Å². The molecule has 2 atom stereocenters. The van der Waals surface area contributed by atoms with Crippen LogP contribution >= 0.6 is 0 Å². The Labute approximate surface area is 88.6 Å². The fourth-order valence-corrected chi connectivity index (χ4v) is 2.38. The van der Waals surface area contributed by atoms with Crippen LogP contribution in [0.2, 0.25) is 0 Å². The zero-order chi connectivity index (χ0) is 10.8. The van der Waals surface area contributed by atoms with Crippen LogP contribution in [-0.4, -0.2) is 31.3 Å². The molecule has 1 heterocycles. The van der Waals surface area contributed by atoms with Gasteiger partial charge in [-0.25, -0.2) is 4.79 Å². The number of carbonyl (C=O) groups excluding carboxylic acids is 1. The highest BCUT2D eigenvalue weighted by Crippen LogP contribution is 2.38. The van der Waals surface area contributed by atoms with E-state index in [-0.39, 0.29) is 24.4 Å². The van der Waals surface area contributed by atoms with Crippen molar-refractivity contribution in [3.8, 4) is 0 Å². The molecule has 2 unspecified atom stereocenters. The summed E-state index contributed by atoms with van der Waals surface area (Å²) in [4.78, 5) is 11.5. The molecule has 1 aliphatic carbocycles. The van der Waals surface area contributed by atoms with Crippen LogP contribution in [0, 0.1) is 11.8 Å². The van der Waals surface area contributed by atoms with E-state index < -0.39 is 0 Å². The molecule has 0 bridgehead atoms. The van der Waals surface area contributed by atoms with Gasteiger partial charge in [0.2, 0.25) is 0 Å². The molecule has 4 heteroatoms. The first-order chi connectivity index (χ1) is 7.27. The number of aliphatic hydroxyl groups is 1. The van der Waals surface area contributed by atoms with E-state index in [9.17, 15) is 4.79 Å². The summed E-state index contributed by atoms with van der Waals surface area (Å²) in [6.07, 6.45) is 4.59. The number of aliphatic hydroxyl groups excluding tert-OH is 1. The summed E-state index contributed by atoms with van der Waals surface area (Å²) in [7, 11) is 1.39. The van der Waals surface area contributed by atoms with Crippen molar-refractivity contribution in [2.24, 2.45) is 11.8 Å². The fourth-order valence-electron chi connectivity index (χ4n) is 2.38. The maximum absolute atomic E-state index is 11.5. The molecular weight excluding hydrogens is 194 g/mol. The van der Waals surface area contributed by atoms with Crippen LogP contribution in [0.3, 0.4) is 0 Å². The lowest BCUT2D eigenvalue weighted by molar-refractivity contribution is -0.137. The molecule has 82 valence electrons. The first-order valence-corrected chi connectivity index (χ1v) is 5.09. The van der Waals surface area contributed by atoms with E-state index >= 15 is 0 Å². The molecule has 1 aliphatic heterocycles. The van der Waals surface area contributed by atoms with Gasteiger partial charge in [0.15, 0.2) is 0 Å². The zero-order valence-corrected chi connectivity index (χ0v) is 8.69. The van der Waals surface area contributed by atoms with Crippen LogP contribution in [-0.2, 0) is 9.53 Å². The SMILES string of the molecule is COC(=O)C1=CNCC2C(CO)=CCC12. The van der Waals surface area contributed by atoms with E-state index in [0.29, 0.717) is 5.57 Å². The van der Waals surface area contributed by atoms with Crippen molar-refractivity contribution in [2.45, 2.75) is 6.42 Å². The molecule has 15 heavy (non-hydrogen) atoms. The van der Waals surface area contributed by atoms with E-state index in [0.717, 1.165) is 18.5 Å². The lowest BCUT2D eigenvalue weighted by Crippen LogP contribution is -2.34. The maximum Gasteiger partial charge on any atom is 0.335 e. The van der Waals surface area contributed by atoms with Crippen molar-refractivity contribution < 1.29 is 14.6 Å². The number of methoxy groups -OCH3 is 1. The van der Waals surface area contributed by atoms with E-state index in [2.05, 4.69) is 5.32 Å². The Hall–Kier alpha value is -1.29. The molecule has 0 spiro atoms. The van der Waals surface area contributed by atoms with Gasteiger partial charge in [-0.3, -0.25) is 0 Å². The number of esters is 1. The van der Waals surface area contributed by atoms with E-state index in [1.807, 2.05) is 6.08 Å². The van der Waals surface area contributed by atoms with Gasteiger partial charge in [0.05, 0.1) is 19.3 Å². The Balaban J connectivity index is 2.18. The number of carbonyl (C=O) groups is 1. The third-order valence-electron chi connectivity index (χ3n) is 3.19. The van der Waals surface area contributed by atoms with Crippen LogP contribution in [0.4, 0.5) is 0 Å². The summed E-state index contributed by atoms with van der Waals surface area (Å²) >= 11 is 0. The van der Waals surface area contributed by atoms with Gasteiger partial charge in [-0.15, -0.1) is 0 Å². The normalized spacial score (nSPS) is 28.7. The summed E-state index contributed by atoms with van der Waals surface area (Å²) in [6.45, 7) is 0.870. The molecule has 0 amide bonds. The number of allylic oxidation sites excluding steroid dienone is 1. The quantitative estimate of drug-likeness (QED) is 0.504. The molecule has 0 aromatic heterocycles. The third-order valence-corrected chi connectivity index (χ3v) is 3.19. The van der Waals surface area contributed by atoms with Crippen LogP contribution in [0.1, 0.15) is 6.42 Å². The standard InChI is InChI=1S/C11H15NO3/c1-15-11(14)10-5-12-4-9-7(6-13)2-3-8(9)10/h2,5,8-9,12-13H,3-4,6H2,1H3. The van der Waals surface area contributed by atoms with Crippen molar-refractivity contribution >= 4 is 5.97 Å². The topological polar surface area (TPSA) is 58.6 Å². The molecule has 2 rings (SSSR count). The molecule has 0 saturated carbocycles. The van der Waals surface area contributed by atoms with Crippen molar-refractivity contribution in [3.05, 3.63) is 23.4 Å². The Kier molecular flexibility index (Phi) is 2.77. The zero-order valence-electron chi connectivity index (χ0n) is 8.69. The molecule has 0 aromatic rings. The average Bonchev–Trinajstić information content (AvgIpc) is 2.70. The predicted octanol–water partition coefficient (Wildman–Crippen LogP) is 0.201. The van der Waals surface area contributed by atoms with E-state index in [1.165, 1.54) is 7.11 Å². The molecule has 0 saturated heterocycles. The Bertz CT molecular complexity index is 333. The Morgan fingerprint density at radius 2 is 2.47 bits per heavy atom. The second-order valence-electron chi connectivity index (χ2n) is 3.89. The van der Waals surface area contributed by atoms with Crippen LogP contribution < -0.4 is 5.32 Å². The number of fused-ring (bicyclic) bond motifs is 1. The molecule has 2 aliphatic rings. The maximum atomic E-state index is 11.5. The second kappa shape index (κ2) is 4.06. The monoisotopic (exact) mass is 209 g/mol. The molecular formula is C11H15NO3. The third kappa shape index (κ3) is 1.65. The van der Waals surface area contributed by atoms with Crippen molar-refractivity contribution in [2.75, 3.05) is 20.3 Å². The average molecular weight is 209 g/mol. The molecule has 0 fully saturated rings. The van der Waals surface area contributed by atoms with Gasteiger partial charge in [0.1, 0.15) is 0 Å². The number of hydrogen-bond acceptors (Lipinski definition) is 4. The van der Waals surface area contributed by atoms with Gasteiger partial charge in [0.25, 0.3) is 0 Å². The minimum Gasteiger partial charge on any atom is -0.466 e. The second-order valence-corrected chi connectivity index (χ2v) is 3.89. The highest BCUT2D eigenvalue weighted by atomic mass is 16.5. The first kappa shape index (κ1) is 10.2. The summed E-state index contributed by atoms with van der Waals surface area (Å²) in [5, 5.41) is 12.2. The smallest absolute Gasteiger partial charge is 0.335 e. The minimum atomic E-state index is -0.273. The summed E-state index contributed by atoms with van der Waals surface area (Å²) in [6, 6.07) is 0. The van der Waals surface area contributed by atoms with Crippen LogP contribution in [0.25, 0.3) is 0 Å². The van der Waals surface area contributed by atoms with Crippen LogP contribution in [0.15, 0.2) is 23.4 Å². The number of nitrogens with one attached hydrogen (secondary N) is 1. The molecule has 2 N–H and O–H groups in total. The Morgan fingerprint density at radius 3 is 3.13 bits per heavy atom. The lowest BCUT2D eigenvalue weighted by atomic mass is 9.83. The van der Waals surface area contributed by atoms with E-state index in [1.54, 1.807) is 6.20 Å². The van der Waals surface area contributed by atoms with Gasteiger partial charge in [-0.1, -0.05) is 6.08 Å². The molecule has 0 aromatic carbocycles. The van der Waals surface area contributed by atoms with Crippen molar-refractivity contribution in [1.29, 1.82) is 0 Å². The van der Waals surface area contributed by atoms with Crippen molar-refractivity contribution in [1.82, 2.24) is 5.32 Å².